The smallest absolute Gasteiger partial charge is 0.247 e. The highest BCUT2D eigenvalue weighted by molar-refractivity contribution is 5.61. The van der Waals surface area contributed by atoms with Crippen LogP contribution in [0.3, 0.4) is 0 Å². The van der Waals surface area contributed by atoms with Gasteiger partial charge in [-0.05, 0) is 37.6 Å². The van der Waals surface area contributed by atoms with Crippen molar-refractivity contribution in [2.24, 2.45) is 5.73 Å². The molecule has 0 saturated heterocycles. The van der Waals surface area contributed by atoms with Gasteiger partial charge in [0.15, 0.2) is 0 Å². The second kappa shape index (κ2) is 7.62. The van der Waals surface area contributed by atoms with E-state index in [4.69, 9.17) is 14.9 Å². The van der Waals surface area contributed by atoms with Gasteiger partial charge in [0.25, 0.3) is 0 Å². The van der Waals surface area contributed by atoms with Crippen molar-refractivity contribution in [3.8, 4) is 11.5 Å². The summed E-state index contributed by atoms with van der Waals surface area (Å²) in [5.41, 5.74) is 7.45. The molecule has 0 fully saturated rings. The van der Waals surface area contributed by atoms with Crippen molar-refractivity contribution < 1.29 is 9.15 Å². The van der Waals surface area contributed by atoms with Crippen LogP contribution in [0.15, 0.2) is 35.1 Å². The third-order valence-electron chi connectivity index (χ3n) is 2.96. The molecule has 0 aliphatic carbocycles. The third kappa shape index (κ3) is 4.04. The maximum absolute atomic E-state index is 5.56. The van der Waals surface area contributed by atoms with Gasteiger partial charge in [0.05, 0.1) is 6.61 Å². The number of hydrogen-bond acceptors (Lipinski definition) is 6. The van der Waals surface area contributed by atoms with E-state index in [0.29, 0.717) is 19.0 Å². The van der Waals surface area contributed by atoms with Crippen molar-refractivity contribution in [3.63, 3.8) is 0 Å². The van der Waals surface area contributed by atoms with Gasteiger partial charge < -0.3 is 20.2 Å². The predicted molar refractivity (Wildman–Crippen MR) is 77.3 cm³/mol. The van der Waals surface area contributed by atoms with Crippen molar-refractivity contribution in [2.75, 3.05) is 25.6 Å². The minimum absolute atomic E-state index is 0.237. The Hall–Kier alpha value is -1.92. The Bertz CT molecular complexity index is 502. The Morgan fingerprint density at radius 2 is 2.35 bits per heavy atom. The van der Waals surface area contributed by atoms with Gasteiger partial charge in [-0.2, -0.15) is 0 Å². The van der Waals surface area contributed by atoms with E-state index >= 15 is 0 Å². The number of hydrogen-bond donors (Lipinski definition) is 2. The van der Waals surface area contributed by atoms with Gasteiger partial charge in [0.2, 0.25) is 12.3 Å². The fraction of sp³-hybridized carbons (Fsp3) is 0.429. The zero-order valence-corrected chi connectivity index (χ0v) is 11.6. The summed E-state index contributed by atoms with van der Waals surface area (Å²) in [6.07, 6.45) is 3.25. The molecule has 2 aromatic rings. The van der Waals surface area contributed by atoms with Crippen molar-refractivity contribution in [1.82, 2.24) is 10.2 Å². The third-order valence-corrected chi connectivity index (χ3v) is 2.96. The van der Waals surface area contributed by atoms with E-state index in [-0.39, 0.29) is 6.04 Å². The molecule has 1 heterocycles. The SMILES string of the molecule is COCC(CCCN)Nc1cccc(-c2nnco2)c1. The van der Waals surface area contributed by atoms with Gasteiger partial charge in [-0.1, -0.05) is 6.07 Å². The average Bonchev–Trinajstić information content (AvgIpc) is 2.99. The fourth-order valence-corrected chi connectivity index (χ4v) is 2.04. The number of aromatic nitrogens is 2. The molecule has 1 unspecified atom stereocenters. The molecule has 1 atom stereocenters. The summed E-state index contributed by atoms with van der Waals surface area (Å²) in [6, 6.07) is 8.11. The van der Waals surface area contributed by atoms with Gasteiger partial charge in [0, 0.05) is 24.4 Å². The molecule has 6 heteroatoms. The standard InChI is InChI=1S/C14H20N4O2/c1-19-9-13(6-3-7-15)17-12-5-2-4-11(8-12)14-18-16-10-20-14/h2,4-5,8,10,13,17H,3,6-7,9,15H2,1H3. The number of benzene rings is 1. The van der Waals surface area contributed by atoms with E-state index in [1.165, 1.54) is 6.39 Å². The van der Waals surface area contributed by atoms with Crippen LogP contribution < -0.4 is 11.1 Å². The second-order valence-electron chi connectivity index (χ2n) is 4.55. The van der Waals surface area contributed by atoms with Crippen LogP contribution in [0.2, 0.25) is 0 Å². The molecule has 1 aromatic carbocycles. The maximum Gasteiger partial charge on any atom is 0.247 e. The van der Waals surface area contributed by atoms with Crippen molar-refractivity contribution in [2.45, 2.75) is 18.9 Å². The summed E-state index contributed by atoms with van der Waals surface area (Å²) in [7, 11) is 1.70. The minimum Gasteiger partial charge on any atom is -0.423 e. The van der Waals surface area contributed by atoms with Crippen molar-refractivity contribution >= 4 is 5.69 Å². The highest BCUT2D eigenvalue weighted by Crippen LogP contribution is 2.21. The van der Waals surface area contributed by atoms with Crippen LogP contribution in [0.4, 0.5) is 5.69 Å². The first-order valence-corrected chi connectivity index (χ1v) is 6.65. The molecule has 0 radical (unpaired) electrons. The molecule has 0 spiro atoms. The van der Waals surface area contributed by atoms with Crippen LogP contribution >= 0.6 is 0 Å². The number of rotatable bonds is 8. The van der Waals surface area contributed by atoms with Gasteiger partial charge in [-0.3, -0.25) is 0 Å². The Morgan fingerprint density at radius 3 is 3.05 bits per heavy atom. The number of ether oxygens (including phenoxy) is 1. The van der Waals surface area contributed by atoms with Gasteiger partial charge in [-0.25, -0.2) is 0 Å². The van der Waals surface area contributed by atoms with Crippen LogP contribution in [0.25, 0.3) is 11.5 Å². The average molecular weight is 276 g/mol. The minimum atomic E-state index is 0.237. The summed E-state index contributed by atoms with van der Waals surface area (Å²) in [5, 5.41) is 11.0. The summed E-state index contributed by atoms with van der Waals surface area (Å²) in [6.45, 7) is 1.33. The molecule has 0 aliphatic heterocycles. The van der Waals surface area contributed by atoms with E-state index < -0.39 is 0 Å². The molecular weight excluding hydrogens is 256 g/mol. The molecule has 2 rings (SSSR count). The first-order valence-electron chi connectivity index (χ1n) is 6.65. The monoisotopic (exact) mass is 276 g/mol. The number of anilines is 1. The molecule has 0 saturated carbocycles. The number of nitrogens with one attached hydrogen (secondary N) is 1. The molecule has 0 aliphatic rings. The largest absolute Gasteiger partial charge is 0.423 e. The Kier molecular flexibility index (Phi) is 5.52. The van der Waals surface area contributed by atoms with Gasteiger partial charge in [0.1, 0.15) is 0 Å². The number of methoxy groups -OCH3 is 1. The van der Waals surface area contributed by atoms with E-state index in [1.807, 2.05) is 24.3 Å². The normalized spacial score (nSPS) is 12.3. The predicted octanol–water partition coefficient (Wildman–Crippen LogP) is 1.90. The second-order valence-corrected chi connectivity index (χ2v) is 4.55. The van der Waals surface area contributed by atoms with E-state index in [9.17, 15) is 0 Å². The summed E-state index contributed by atoms with van der Waals surface area (Å²) in [5.74, 6) is 0.513. The molecule has 0 bridgehead atoms. The van der Waals surface area contributed by atoms with E-state index in [2.05, 4.69) is 15.5 Å². The Morgan fingerprint density at radius 1 is 1.45 bits per heavy atom. The van der Waals surface area contributed by atoms with Crippen LogP contribution in [0.1, 0.15) is 12.8 Å². The zero-order valence-electron chi connectivity index (χ0n) is 11.6. The van der Waals surface area contributed by atoms with Crippen LogP contribution in [-0.4, -0.2) is 36.5 Å². The number of nitrogens with two attached hydrogens (primary N) is 1. The fourth-order valence-electron chi connectivity index (χ4n) is 2.04. The highest BCUT2D eigenvalue weighted by Gasteiger charge is 2.09. The van der Waals surface area contributed by atoms with Crippen LogP contribution in [-0.2, 0) is 4.74 Å². The van der Waals surface area contributed by atoms with Crippen molar-refractivity contribution in [3.05, 3.63) is 30.7 Å². The first kappa shape index (κ1) is 14.5. The molecule has 108 valence electrons. The zero-order chi connectivity index (χ0) is 14.2. The molecule has 6 nitrogen and oxygen atoms in total. The van der Waals surface area contributed by atoms with Gasteiger partial charge in [-0.15, -0.1) is 10.2 Å². The summed E-state index contributed by atoms with van der Waals surface area (Å²) in [4.78, 5) is 0. The summed E-state index contributed by atoms with van der Waals surface area (Å²) < 4.78 is 10.4. The topological polar surface area (TPSA) is 86.2 Å². The van der Waals surface area contributed by atoms with E-state index in [1.54, 1.807) is 7.11 Å². The lowest BCUT2D eigenvalue weighted by Crippen LogP contribution is -2.25. The van der Waals surface area contributed by atoms with Gasteiger partial charge >= 0.3 is 0 Å². The van der Waals surface area contributed by atoms with E-state index in [0.717, 1.165) is 24.1 Å². The molecule has 0 amide bonds. The molecule has 1 aromatic heterocycles. The van der Waals surface area contributed by atoms with Crippen LogP contribution in [0, 0.1) is 0 Å². The lowest BCUT2D eigenvalue weighted by molar-refractivity contribution is 0.182. The highest BCUT2D eigenvalue weighted by atomic mass is 16.5. The van der Waals surface area contributed by atoms with Crippen molar-refractivity contribution in [1.29, 1.82) is 0 Å². The molecule has 20 heavy (non-hydrogen) atoms. The first-order chi connectivity index (χ1) is 9.83. The lowest BCUT2D eigenvalue weighted by atomic mass is 10.1. The quantitative estimate of drug-likeness (QED) is 0.766. The Labute approximate surface area is 118 Å². The molecular formula is C14H20N4O2. The summed E-state index contributed by atoms with van der Waals surface area (Å²) >= 11 is 0. The molecule has 3 N–H and O–H groups in total. The van der Waals surface area contributed by atoms with Crippen LogP contribution in [0.5, 0.6) is 0 Å². The number of nitrogens with zero attached hydrogens (tertiary/aromatic N) is 2. The maximum atomic E-state index is 5.56. The Balaban J connectivity index is 2.05. The lowest BCUT2D eigenvalue weighted by Gasteiger charge is -2.19.